The summed E-state index contributed by atoms with van der Waals surface area (Å²) in [5.74, 6) is -0.0719. The normalized spacial score (nSPS) is 13.1. The van der Waals surface area contributed by atoms with E-state index in [0.717, 1.165) is 5.69 Å². The third kappa shape index (κ3) is 6.06. The number of hydrogen-bond acceptors (Lipinski definition) is 4. The number of amides is 1. The molecule has 0 saturated heterocycles. The van der Waals surface area contributed by atoms with Crippen molar-refractivity contribution in [2.24, 2.45) is 5.92 Å². The summed E-state index contributed by atoms with van der Waals surface area (Å²) < 4.78 is 22.4. The van der Waals surface area contributed by atoms with Crippen molar-refractivity contribution in [2.45, 2.75) is 26.8 Å². The van der Waals surface area contributed by atoms with Crippen LogP contribution >= 0.6 is 0 Å². The van der Waals surface area contributed by atoms with Crippen LogP contribution in [0.5, 0.6) is 0 Å². The van der Waals surface area contributed by atoms with Crippen LogP contribution in [0.25, 0.3) is 0 Å². The quantitative estimate of drug-likeness (QED) is 0.843. The third-order valence-corrected chi connectivity index (χ3v) is 3.73. The molecule has 0 aromatic heterocycles. The molecular formula is C14H22N2O3S. The molecule has 0 aliphatic carbocycles. The molecule has 1 rings (SSSR count). The molecule has 1 aromatic rings. The molecule has 0 heterocycles. The second-order valence-electron chi connectivity index (χ2n) is 5.36. The Hall–Kier alpha value is -1.56. The highest BCUT2D eigenvalue weighted by Crippen LogP contribution is 2.17. The molecule has 0 aliphatic heterocycles. The van der Waals surface area contributed by atoms with Crippen LogP contribution in [0.4, 0.5) is 11.4 Å². The van der Waals surface area contributed by atoms with Gasteiger partial charge in [0.2, 0.25) is 5.91 Å². The van der Waals surface area contributed by atoms with Crippen molar-refractivity contribution in [3.05, 3.63) is 24.3 Å². The maximum Gasteiger partial charge on any atom is 0.226 e. The van der Waals surface area contributed by atoms with Crippen molar-refractivity contribution in [3.63, 3.8) is 0 Å². The Kier molecular flexibility index (Phi) is 5.56. The first-order chi connectivity index (χ1) is 9.17. The summed E-state index contributed by atoms with van der Waals surface area (Å²) in [4.78, 5) is 11.6. The van der Waals surface area contributed by atoms with Crippen molar-refractivity contribution < 1.29 is 13.2 Å². The minimum Gasteiger partial charge on any atom is -0.382 e. The molecule has 2 N–H and O–H groups in total. The van der Waals surface area contributed by atoms with E-state index in [9.17, 15) is 13.2 Å². The molecule has 0 saturated carbocycles. The molecule has 1 aromatic carbocycles. The summed E-state index contributed by atoms with van der Waals surface area (Å²) in [6, 6.07) is 7.04. The van der Waals surface area contributed by atoms with Gasteiger partial charge in [-0.05, 0) is 25.1 Å². The molecular weight excluding hydrogens is 276 g/mol. The summed E-state index contributed by atoms with van der Waals surface area (Å²) in [6.07, 6.45) is 1.21. The lowest BCUT2D eigenvalue weighted by molar-refractivity contribution is -0.118. The highest BCUT2D eigenvalue weighted by molar-refractivity contribution is 7.90. The van der Waals surface area contributed by atoms with Crippen LogP contribution in [0.2, 0.25) is 0 Å². The standard InChI is InChI=1S/C14H22N2O3S/c1-10(2)14(17)16-13-7-5-6-12(8-13)15-11(3)9-20(4,18)19/h5-8,10-11,15H,9H2,1-4H3,(H,16,17). The van der Waals surface area contributed by atoms with Crippen LogP contribution < -0.4 is 10.6 Å². The van der Waals surface area contributed by atoms with Crippen LogP contribution in [-0.4, -0.2) is 32.4 Å². The zero-order valence-corrected chi connectivity index (χ0v) is 13.1. The number of benzene rings is 1. The zero-order valence-electron chi connectivity index (χ0n) is 12.3. The van der Waals surface area contributed by atoms with Crippen LogP contribution in [-0.2, 0) is 14.6 Å². The summed E-state index contributed by atoms with van der Waals surface area (Å²) in [5, 5.41) is 5.92. The van der Waals surface area contributed by atoms with Gasteiger partial charge in [0.1, 0.15) is 9.84 Å². The van der Waals surface area contributed by atoms with Gasteiger partial charge < -0.3 is 10.6 Å². The second-order valence-corrected chi connectivity index (χ2v) is 7.55. The highest BCUT2D eigenvalue weighted by Gasteiger charge is 2.11. The molecule has 0 bridgehead atoms. The Morgan fingerprint density at radius 1 is 1.20 bits per heavy atom. The average Bonchev–Trinajstić information content (AvgIpc) is 2.26. The van der Waals surface area contributed by atoms with Gasteiger partial charge in [-0.1, -0.05) is 19.9 Å². The van der Waals surface area contributed by atoms with Crippen molar-refractivity contribution in [1.82, 2.24) is 0 Å². The van der Waals surface area contributed by atoms with E-state index >= 15 is 0 Å². The second kappa shape index (κ2) is 6.74. The third-order valence-electron chi connectivity index (χ3n) is 2.62. The lowest BCUT2D eigenvalue weighted by Crippen LogP contribution is -2.25. The molecule has 20 heavy (non-hydrogen) atoms. The molecule has 1 atom stereocenters. The van der Waals surface area contributed by atoms with Gasteiger partial charge in [-0.15, -0.1) is 0 Å². The number of nitrogens with one attached hydrogen (secondary N) is 2. The topological polar surface area (TPSA) is 75.3 Å². The summed E-state index contributed by atoms with van der Waals surface area (Å²) in [5.41, 5.74) is 1.47. The Balaban J connectivity index is 2.71. The molecule has 0 aliphatic rings. The fraction of sp³-hybridized carbons (Fsp3) is 0.500. The molecule has 1 unspecified atom stereocenters. The largest absolute Gasteiger partial charge is 0.382 e. The van der Waals surface area contributed by atoms with Gasteiger partial charge in [0, 0.05) is 29.6 Å². The Morgan fingerprint density at radius 2 is 1.80 bits per heavy atom. The van der Waals surface area contributed by atoms with Crippen molar-refractivity contribution in [2.75, 3.05) is 22.6 Å². The van der Waals surface area contributed by atoms with Gasteiger partial charge in [0.05, 0.1) is 5.75 Å². The van der Waals surface area contributed by atoms with E-state index in [1.165, 1.54) is 6.26 Å². The summed E-state index contributed by atoms with van der Waals surface area (Å²) >= 11 is 0. The number of anilines is 2. The molecule has 0 fully saturated rings. The monoisotopic (exact) mass is 298 g/mol. The van der Waals surface area contributed by atoms with Gasteiger partial charge in [0.15, 0.2) is 0 Å². The number of rotatable bonds is 6. The number of sulfone groups is 1. The van der Waals surface area contributed by atoms with Crippen LogP contribution in [0.1, 0.15) is 20.8 Å². The van der Waals surface area contributed by atoms with E-state index in [1.54, 1.807) is 19.1 Å². The lowest BCUT2D eigenvalue weighted by Gasteiger charge is -2.15. The SMILES string of the molecule is CC(CS(C)(=O)=O)Nc1cccc(NC(=O)C(C)C)c1. The summed E-state index contributed by atoms with van der Waals surface area (Å²) in [6.45, 7) is 5.46. The van der Waals surface area contributed by atoms with E-state index in [1.807, 2.05) is 26.0 Å². The maximum atomic E-state index is 11.6. The molecule has 112 valence electrons. The Labute approximate surface area is 120 Å². The van der Waals surface area contributed by atoms with Crippen molar-refractivity contribution >= 4 is 27.1 Å². The minimum atomic E-state index is -3.02. The van der Waals surface area contributed by atoms with Crippen molar-refractivity contribution in [3.8, 4) is 0 Å². The first-order valence-corrected chi connectivity index (χ1v) is 8.58. The van der Waals surface area contributed by atoms with Crippen LogP contribution in [0.15, 0.2) is 24.3 Å². The first kappa shape index (κ1) is 16.5. The van der Waals surface area contributed by atoms with E-state index in [-0.39, 0.29) is 23.6 Å². The average molecular weight is 298 g/mol. The van der Waals surface area contributed by atoms with Gasteiger partial charge >= 0.3 is 0 Å². The fourth-order valence-corrected chi connectivity index (χ4v) is 2.75. The smallest absolute Gasteiger partial charge is 0.226 e. The van der Waals surface area contributed by atoms with E-state index in [0.29, 0.717) is 5.69 Å². The molecule has 5 nitrogen and oxygen atoms in total. The predicted octanol–water partition coefficient (Wildman–Crippen LogP) is 2.13. The molecule has 6 heteroatoms. The molecule has 1 amide bonds. The van der Waals surface area contributed by atoms with Gasteiger partial charge in [-0.25, -0.2) is 8.42 Å². The lowest BCUT2D eigenvalue weighted by atomic mass is 10.2. The molecule has 0 spiro atoms. The van der Waals surface area contributed by atoms with Crippen LogP contribution in [0, 0.1) is 5.92 Å². The van der Waals surface area contributed by atoms with Gasteiger partial charge in [-0.3, -0.25) is 4.79 Å². The zero-order chi connectivity index (χ0) is 15.3. The van der Waals surface area contributed by atoms with E-state index in [2.05, 4.69) is 10.6 Å². The maximum absolute atomic E-state index is 11.6. The fourth-order valence-electron chi connectivity index (χ4n) is 1.75. The van der Waals surface area contributed by atoms with Gasteiger partial charge in [-0.2, -0.15) is 0 Å². The minimum absolute atomic E-state index is 0.0497. The van der Waals surface area contributed by atoms with Crippen molar-refractivity contribution in [1.29, 1.82) is 0 Å². The number of carbonyl (C=O) groups excluding carboxylic acids is 1. The van der Waals surface area contributed by atoms with Crippen LogP contribution in [0.3, 0.4) is 0 Å². The van der Waals surface area contributed by atoms with E-state index < -0.39 is 9.84 Å². The summed E-state index contributed by atoms with van der Waals surface area (Å²) in [7, 11) is -3.02. The Morgan fingerprint density at radius 3 is 2.35 bits per heavy atom. The van der Waals surface area contributed by atoms with Gasteiger partial charge in [0.25, 0.3) is 0 Å². The highest BCUT2D eigenvalue weighted by atomic mass is 32.2. The van der Waals surface area contributed by atoms with E-state index in [4.69, 9.17) is 0 Å². The first-order valence-electron chi connectivity index (χ1n) is 6.52. The molecule has 0 radical (unpaired) electrons. The number of hydrogen-bond donors (Lipinski definition) is 2. The Bertz CT molecular complexity index is 568. The number of carbonyl (C=O) groups is 1. The predicted molar refractivity (Wildman–Crippen MR) is 82.7 cm³/mol.